The fraction of sp³-hybridized carbons (Fsp3) is 0.152. The molecular formula is C33H23F6N3O7. The van der Waals surface area contributed by atoms with Gasteiger partial charge in [0.15, 0.2) is 0 Å². The van der Waals surface area contributed by atoms with Crippen molar-refractivity contribution in [3.05, 3.63) is 125 Å². The van der Waals surface area contributed by atoms with Gasteiger partial charge in [-0.05, 0) is 79.7 Å². The number of ether oxygens (including phenoxy) is 2. The maximum absolute atomic E-state index is 13.4. The van der Waals surface area contributed by atoms with Crippen molar-refractivity contribution >= 4 is 40.9 Å². The molecule has 254 valence electrons. The standard InChI is InChI=1S/C33H23F6N3O7/c1-18-8-10-24(11-9-18)41-42-25-14-12-23(13-15-25)40-28(43)26(48-30(46)19-4-2-6-21(16-19)32(34,35)36)27(29(44)45)49-31(47)20-5-3-7-22(17-20)33(37,38)39/h2-17,26-27H,1H3,(H,40,43)(H,44,45)/t26-,27+/m1/s1. The van der Waals surface area contributed by atoms with Gasteiger partial charge in [0, 0.05) is 5.69 Å². The van der Waals surface area contributed by atoms with Crippen molar-refractivity contribution in [2.24, 2.45) is 10.2 Å². The van der Waals surface area contributed by atoms with Crippen LogP contribution in [0.1, 0.15) is 37.4 Å². The summed E-state index contributed by atoms with van der Waals surface area (Å²) in [5.41, 5.74) is -2.20. The number of carboxylic acid groups (broad SMARTS) is 1. The smallest absolute Gasteiger partial charge is 0.416 e. The Hall–Kier alpha value is -6.06. The van der Waals surface area contributed by atoms with Crippen LogP contribution in [0.15, 0.2) is 107 Å². The Bertz CT molecular complexity index is 1880. The third kappa shape index (κ3) is 9.73. The van der Waals surface area contributed by atoms with Crippen molar-refractivity contribution in [1.29, 1.82) is 0 Å². The van der Waals surface area contributed by atoms with Crippen LogP contribution in [-0.2, 0) is 31.4 Å². The summed E-state index contributed by atoms with van der Waals surface area (Å²) in [6, 6.07) is 18.0. The largest absolute Gasteiger partial charge is 0.478 e. The zero-order valence-corrected chi connectivity index (χ0v) is 25.0. The minimum absolute atomic E-state index is 0.0206. The SMILES string of the molecule is Cc1ccc(N=Nc2ccc(NC(=O)[C@H](OC(=O)c3cccc(C(F)(F)F)c3)[C@H](OC(=O)c3cccc(C(F)(F)F)c3)C(=O)O)cc2)cc1. The minimum Gasteiger partial charge on any atom is -0.478 e. The van der Waals surface area contributed by atoms with E-state index >= 15 is 0 Å². The number of hydrogen-bond acceptors (Lipinski definition) is 8. The van der Waals surface area contributed by atoms with Gasteiger partial charge in [0.1, 0.15) is 0 Å². The van der Waals surface area contributed by atoms with Crippen LogP contribution in [0.4, 0.5) is 43.4 Å². The summed E-state index contributed by atoms with van der Waals surface area (Å²) < 4.78 is 89.2. The highest BCUT2D eigenvalue weighted by atomic mass is 19.4. The average molecular weight is 688 g/mol. The van der Waals surface area contributed by atoms with E-state index in [0.717, 1.165) is 29.8 Å². The molecule has 4 aromatic rings. The summed E-state index contributed by atoms with van der Waals surface area (Å²) in [6.07, 6.45) is -15.0. The summed E-state index contributed by atoms with van der Waals surface area (Å²) in [5.74, 6) is -6.75. The molecule has 1 amide bonds. The Morgan fingerprint density at radius 3 is 1.51 bits per heavy atom. The van der Waals surface area contributed by atoms with Gasteiger partial charge in [0.2, 0.25) is 12.2 Å². The number of alkyl halides is 6. The molecule has 0 spiro atoms. The van der Waals surface area contributed by atoms with Crippen LogP contribution in [0, 0.1) is 6.92 Å². The molecule has 0 heterocycles. The molecule has 16 heteroatoms. The molecule has 0 aliphatic rings. The highest BCUT2D eigenvalue weighted by molar-refractivity contribution is 6.01. The molecule has 0 unspecified atom stereocenters. The molecule has 4 aromatic carbocycles. The third-order valence-electron chi connectivity index (χ3n) is 6.55. The van der Waals surface area contributed by atoms with E-state index in [1.54, 1.807) is 12.1 Å². The molecule has 0 fully saturated rings. The molecule has 0 aliphatic carbocycles. The number of carbonyl (C=O) groups excluding carboxylic acids is 3. The van der Waals surface area contributed by atoms with E-state index in [2.05, 4.69) is 15.5 Å². The normalized spacial score (nSPS) is 13.0. The number of rotatable bonds is 10. The number of esters is 2. The number of hydrogen-bond donors (Lipinski definition) is 2. The van der Waals surface area contributed by atoms with Crippen molar-refractivity contribution in [2.45, 2.75) is 31.5 Å². The van der Waals surface area contributed by atoms with Gasteiger partial charge in [-0.3, -0.25) is 4.79 Å². The predicted molar refractivity (Wildman–Crippen MR) is 159 cm³/mol. The first-order valence-electron chi connectivity index (χ1n) is 13.9. The van der Waals surface area contributed by atoms with Gasteiger partial charge in [-0.2, -0.15) is 36.6 Å². The van der Waals surface area contributed by atoms with Gasteiger partial charge in [-0.25, -0.2) is 14.4 Å². The third-order valence-corrected chi connectivity index (χ3v) is 6.55. The van der Waals surface area contributed by atoms with Crippen molar-refractivity contribution in [3.63, 3.8) is 0 Å². The summed E-state index contributed by atoms with van der Waals surface area (Å²) in [6.45, 7) is 1.89. The topological polar surface area (TPSA) is 144 Å². The lowest BCUT2D eigenvalue weighted by Crippen LogP contribution is -2.48. The van der Waals surface area contributed by atoms with Crippen LogP contribution >= 0.6 is 0 Å². The van der Waals surface area contributed by atoms with Gasteiger partial charge in [0.05, 0.1) is 33.6 Å². The van der Waals surface area contributed by atoms with E-state index in [1.807, 2.05) is 19.1 Å². The number of halogens is 6. The monoisotopic (exact) mass is 687 g/mol. The first-order chi connectivity index (χ1) is 23.0. The van der Waals surface area contributed by atoms with E-state index in [9.17, 15) is 50.6 Å². The maximum Gasteiger partial charge on any atom is 0.416 e. The Kier molecular flexibility index (Phi) is 10.8. The Morgan fingerprint density at radius 1 is 0.653 bits per heavy atom. The van der Waals surface area contributed by atoms with Crippen molar-refractivity contribution in [1.82, 2.24) is 0 Å². The quantitative estimate of drug-likeness (QED) is 0.0979. The number of anilines is 1. The Labute approximate surface area is 273 Å². The minimum atomic E-state index is -4.89. The molecule has 0 bridgehead atoms. The van der Waals surface area contributed by atoms with Crippen LogP contribution < -0.4 is 5.32 Å². The molecule has 0 saturated carbocycles. The van der Waals surface area contributed by atoms with Crippen LogP contribution in [0.25, 0.3) is 0 Å². The van der Waals surface area contributed by atoms with E-state index in [4.69, 9.17) is 9.47 Å². The second-order valence-corrected chi connectivity index (χ2v) is 10.2. The van der Waals surface area contributed by atoms with Crippen molar-refractivity contribution in [3.8, 4) is 0 Å². The number of nitrogens with one attached hydrogen (secondary N) is 1. The Balaban J connectivity index is 1.61. The molecule has 2 atom stereocenters. The lowest BCUT2D eigenvalue weighted by molar-refractivity contribution is -0.157. The zero-order valence-electron chi connectivity index (χ0n) is 25.0. The first-order valence-corrected chi connectivity index (χ1v) is 13.9. The zero-order chi connectivity index (χ0) is 35.9. The van der Waals surface area contributed by atoms with Crippen LogP contribution in [-0.4, -0.2) is 41.1 Å². The van der Waals surface area contributed by atoms with Crippen LogP contribution in [0.3, 0.4) is 0 Å². The predicted octanol–water partition coefficient (Wildman–Crippen LogP) is 7.92. The molecule has 0 saturated heterocycles. The van der Waals surface area contributed by atoms with E-state index in [0.29, 0.717) is 35.6 Å². The van der Waals surface area contributed by atoms with Crippen LogP contribution in [0.5, 0.6) is 0 Å². The summed E-state index contributed by atoms with van der Waals surface area (Å²) in [4.78, 5) is 51.3. The lowest BCUT2D eigenvalue weighted by atomic mass is 10.1. The van der Waals surface area contributed by atoms with Crippen molar-refractivity contribution < 1.29 is 60.1 Å². The van der Waals surface area contributed by atoms with Gasteiger partial charge in [-0.1, -0.05) is 29.8 Å². The summed E-state index contributed by atoms with van der Waals surface area (Å²) in [7, 11) is 0. The lowest BCUT2D eigenvalue weighted by Gasteiger charge is -2.24. The summed E-state index contributed by atoms with van der Waals surface area (Å²) >= 11 is 0. The average Bonchev–Trinajstić information content (AvgIpc) is 3.05. The number of carbonyl (C=O) groups is 4. The number of nitrogens with zero attached hydrogens (tertiary/aromatic N) is 2. The molecule has 49 heavy (non-hydrogen) atoms. The molecule has 4 rings (SSSR count). The van der Waals surface area contributed by atoms with Crippen molar-refractivity contribution in [2.75, 3.05) is 5.32 Å². The first kappa shape index (κ1) is 35.8. The molecular weight excluding hydrogens is 664 g/mol. The van der Waals surface area contributed by atoms with Crippen LogP contribution in [0.2, 0.25) is 0 Å². The maximum atomic E-state index is 13.4. The number of benzene rings is 4. The van der Waals surface area contributed by atoms with E-state index in [1.165, 1.54) is 24.3 Å². The second-order valence-electron chi connectivity index (χ2n) is 10.2. The molecule has 0 radical (unpaired) electrons. The number of amides is 1. The van der Waals surface area contributed by atoms with Gasteiger partial charge in [-0.15, -0.1) is 0 Å². The highest BCUT2D eigenvalue weighted by Crippen LogP contribution is 2.31. The molecule has 10 nitrogen and oxygen atoms in total. The van der Waals surface area contributed by atoms with E-state index in [-0.39, 0.29) is 5.69 Å². The van der Waals surface area contributed by atoms with E-state index < -0.39 is 70.6 Å². The molecule has 0 aliphatic heterocycles. The Morgan fingerprint density at radius 2 is 1.08 bits per heavy atom. The highest BCUT2D eigenvalue weighted by Gasteiger charge is 2.42. The fourth-order valence-corrected chi connectivity index (χ4v) is 4.06. The number of carboxylic acids is 1. The number of aryl methyl sites for hydroxylation is 1. The van der Waals surface area contributed by atoms with Gasteiger partial charge < -0.3 is 19.9 Å². The van der Waals surface area contributed by atoms with Gasteiger partial charge in [0.25, 0.3) is 5.91 Å². The molecule has 0 aromatic heterocycles. The summed E-state index contributed by atoms with van der Waals surface area (Å²) in [5, 5.41) is 20.2. The number of azo groups is 1. The number of aliphatic carboxylic acids is 1. The van der Waals surface area contributed by atoms with Gasteiger partial charge >= 0.3 is 30.3 Å². The second kappa shape index (κ2) is 14.8. The fourth-order valence-electron chi connectivity index (χ4n) is 4.06. The molecule has 2 N–H and O–H groups in total.